The summed E-state index contributed by atoms with van der Waals surface area (Å²) in [6.45, 7) is 13.3. The van der Waals surface area contributed by atoms with Gasteiger partial charge in [0, 0.05) is 18.8 Å². The van der Waals surface area contributed by atoms with Gasteiger partial charge in [-0.05, 0) is 34.6 Å². The van der Waals surface area contributed by atoms with Gasteiger partial charge in [-0.15, -0.1) is 0 Å². The second-order valence-electron chi connectivity index (χ2n) is 4.57. The number of ether oxygens (including phenoxy) is 5. The van der Waals surface area contributed by atoms with Gasteiger partial charge in [0.1, 0.15) is 6.42 Å². The highest BCUT2D eigenvalue weighted by Gasteiger charge is 2.46. The van der Waals surface area contributed by atoms with Crippen molar-refractivity contribution in [1.82, 2.24) is 0 Å². The molecule has 0 saturated heterocycles. The summed E-state index contributed by atoms with van der Waals surface area (Å²) in [5.41, 5.74) is 6.32. The van der Waals surface area contributed by atoms with E-state index >= 15 is 0 Å². The average molecular weight is 319 g/mol. The van der Waals surface area contributed by atoms with Gasteiger partial charge in [0.2, 0.25) is 5.91 Å². The molecule has 0 amide bonds. The zero-order valence-corrected chi connectivity index (χ0v) is 14.3. The highest BCUT2D eigenvalue weighted by molar-refractivity contribution is 5.87. The van der Waals surface area contributed by atoms with Crippen molar-refractivity contribution >= 4 is 5.97 Å². The molecular formula is C15H29NO6. The van der Waals surface area contributed by atoms with Gasteiger partial charge in [-0.3, -0.25) is 5.73 Å². The van der Waals surface area contributed by atoms with Crippen molar-refractivity contribution in [3.63, 3.8) is 0 Å². The third kappa shape index (κ3) is 6.85. The minimum absolute atomic E-state index is 0.137. The van der Waals surface area contributed by atoms with Crippen LogP contribution in [0.15, 0.2) is 12.2 Å². The van der Waals surface area contributed by atoms with Crippen LogP contribution in [0, 0.1) is 0 Å². The maximum atomic E-state index is 11.9. The first-order valence-corrected chi connectivity index (χ1v) is 7.51. The summed E-state index contributed by atoms with van der Waals surface area (Å²) in [5, 5.41) is 0. The van der Waals surface area contributed by atoms with E-state index in [-0.39, 0.29) is 25.2 Å². The van der Waals surface area contributed by atoms with Crippen LogP contribution in [0.1, 0.15) is 41.0 Å². The van der Waals surface area contributed by atoms with Crippen LogP contribution in [0.3, 0.4) is 0 Å². The van der Waals surface area contributed by atoms with Gasteiger partial charge < -0.3 is 23.7 Å². The molecule has 0 fully saturated rings. The summed E-state index contributed by atoms with van der Waals surface area (Å²) in [4.78, 5) is 11.9. The Morgan fingerprint density at radius 1 is 0.955 bits per heavy atom. The van der Waals surface area contributed by atoms with Gasteiger partial charge in [-0.25, -0.2) is 4.79 Å². The van der Waals surface area contributed by atoms with Crippen LogP contribution < -0.4 is 5.73 Å². The van der Waals surface area contributed by atoms with Crippen molar-refractivity contribution in [2.24, 2.45) is 5.73 Å². The lowest BCUT2D eigenvalue weighted by atomic mass is 10.2. The molecule has 7 nitrogen and oxygen atoms in total. The van der Waals surface area contributed by atoms with Gasteiger partial charge in [-0.2, -0.15) is 0 Å². The van der Waals surface area contributed by atoms with E-state index in [1.807, 2.05) is 0 Å². The fourth-order valence-corrected chi connectivity index (χ4v) is 1.84. The van der Waals surface area contributed by atoms with E-state index in [9.17, 15) is 4.79 Å². The van der Waals surface area contributed by atoms with Crippen LogP contribution >= 0.6 is 0 Å². The Balaban J connectivity index is 5.41. The van der Waals surface area contributed by atoms with E-state index in [0.29, 0.717) is 13.2 Å². The number of esters is 1. The Bertz CT molecular complexity index is 346. The van der Waals surface area contributed by atoms with Crippen LogP contribution in [0.5, 0.6) is 0 Å². The lowest BCUT2D eigenvalue weighted by Gasteiger charge is -2.38. The molecule has 0 aliphatic rings. The maximum Gasteiger partial charge on any atom is 0.337 e. The molecular weight excluding hydrogens is 290 g/mol. The third-order valence-electron chi connectivity index (χ3n) is 2.57. The summed E-state index contributed by atoms with van der Waals surface area (Å²) >= 11 is 0. The smallest absolute Gasteiger partial charge is 0.337 e. The molecule has 0 rings (SSSR count). The fourth-order valence-electron chi connectivity index (χ4n) is 1.84. The standard InChI is InChI=1S/C15H29NO6/c1-7-18-14(16,19-8-2)11-15(20-9-3,21-10-4)22-13(17)12(5)6/h5,7-11,16H2,1-4,6H3. The highest BCUT2D eigenvalue weighted by Crippen LogP contribution is 2.29. The van der Waals surface area contributed by atoms with E-state index in [2.05, 4.69) is 6.58 Å². The van der Waals surface area contributed by atoms with E-state index in [0.717, 1.165) is 0 Å². The summed E-state index contributed by atoms with van der Waals surface area (Å²) in [5.74, 6) is -3.83. The van der Waals surface area contributed by atoms with Gasteiger partial charge in [0.25, 0.3) is 0 Å². The Kier molecular flexibility index (Phi) is 9.47. The molecule has 130 valence electrons. The molecule has 2 N–H and O–H groups in total. The Hall–Kier alpha value is -0.990. The first-order valence-electron chi connectivity index (χ1n) is 7.51. The number of hydrogen-bond acceptors (Lipinski definition) is 7. The summed E-state index contributed by atoms with van der Waals surface area (Å²) in [6.07, 6.45) is -0.137. The summed E-state index contributed by atoms with van der Waals surface area (Å²) in [7, 11) is 0. The fraction of sp³-hybridized carbons (Fsp3) is 0.800. The number of carbonyl (C=O) groups excluding carboxylic acids is 1. The van der Waals surface area contributed by atoms with Gasteiger partial charge in [0.05, 0.1) is 13.2 Å². The van der Waals surface area contributed by atoms with Gasteiger partial charge in [-0.1, -0.05) is 6.58 Å². The highest BCUT2D eigenvalue weighted by atomic mass is 16.9. The SMILES string of the molecule is C=C(C)C(=O)OC(CC(N)(OCC)OCC)(OCC)OCC. The van der Waals surface area contributed by atoms with Crippen molar-refractivity contribution < 1.29 is 28.5 Å². The molecule has 0 saturated carbocycles. The molecule has 0 unspecified atom stereocenters. The van der Waals surface area contributed by atoms with Crippen molar-refractivity contribution in [2.45, 2.75) is 52.9 Å². The summed E-state index contributed by atoms with van der Waals surface area (Å²) < 4.78 is 27.3. The van der Waals surface area contributed by atoms with E-state index < -0.39 is 17.9 Å². The lowest BCUT2D eigenvalue weighted by molar-refractivity contribution is -0.395. The zero-order chi connectivity index (χ0) is 17.2. The number of nitrogens with two attached hydrogens (primary N) is 1. The van der Waals surface area contributed by atoms with Crippen LogP contribution in [-0.2, 0) is 28.5 Å². The van der Waals surface area contributed by atoms with Crippen LogP contribution in [0.2, 0.25) is 0 Å². The first-order chi connectivity index (χ1) is 10.3. The number of rotatable bonds is 12. The zero-order valence-electron chi connectivity index (χ0n) is 14.3. The molecule has 0 aromatic heterocycles. The molecule has 0 radical (unpaired) electrons. The van der Waals surface area contributed by atoms with Gasteiger partial charge in [0.15, 0.2) is 0 Å². The molecule has 0 aromatic rings. The molecule has 0 atom stereocenters. The summed E-state index contributed by atoms with van der Waals surface area (Å²) in [6, 6.07) is 0. The van der Waals surface area contributed by atoms with Crippen LogP contribution in [0.25, 0.3) is 0 Å². The normalized spacial score (nSPS) is 12.3. The molecule has 0 aliphatic carbocycles. The monoisotopic (exact) mass is 319 g/mol. The Labute approximate surface area is 132 Å². The molecule has 22 heavy (non-hydrogen) atoms. The Morgan fingerprint density at radius 2 is 1.36 bits per heavy atom. The minimum Gasteiger partial charge on any atom is -0.404 e. The first kappa shape index (κ1) is 21.0. The number of carbonyl (C=O) groups is 1. The van der Waals surface area contributed by atoms with Crippen LogP contribution in [-0.4, -0.2) is 44.3 Å². The molecule has 0 aliphatic heterocycles. The van der Waals surface area contributed by atoms with E-state index in [1.165, 1.54) is 6.92 Å². The van der Waals surface area contributed by atoms with Gasteiger partial charge >= 0.3 is 11.9 Å². The molecule has 7 heteroatoms. The Morgan fingerprint density at radius 3 is 1.68 bits per heavy atom. The molecule has 0 bridgehead atoms. The predicted molar refractivity (Wildman–Crippen MR) is 81.7 cm³/mol. The molecule has 0 aromatic carbocycles. The second kappa shape index (κ2) is 9.91. The minimum atomic E-state index is -1.70. The maximum absolute atomic E-state index is 11.9. The lowest BCUT2D eigenvalue weighted by Crippen LogP contribution is -2.55. The number of hydrogen-bond donors (Lipinski definition) is 1. The average Bonchev–Trinajstić information content (AvgIpc) is 2.39. The molecule has 0 spiro atoms. The quantitative estimate of drug-likeness (QED) is 0.334. The van der Waals surface area contributed by atoms with Crippen molar-refractivity contribution in [3.8, 4) is 0 Å². The molecule has 0 heterocycles. The largest absolute Gasteiger partial charge is 0.404 e. The van der Waals surface area contributed by atoms with E-state index in [1.54, 1.807) is 27.7 Å². The van der Waals surface area contributed by atoms with Crippen LogP contribution in [0.4, 0.5) is 0 Å². The van der Waals surface area contributed by atoms with Crippen molar-refractivity contribution in [1.29, 1.82) is 0 Å². The van der Waals surface area contributed by atoms with E-state index in [4.69, 9.17) is 29.4 Å². The predicted octanol–water partition coefficient (Wildman–Crippen LogP) is 1.91. The topological polar surface area (TPSA) is 89.2 Å². The third-order valence-corrected chi connectivity index (χ3v) is 2.57. The van der Waals surface area contributed by atoms with Crippen molar-refractivity contribution in [3.05, 3.63) is 12.2 Å². The van der Waals surface area contributed by atoms with Crippen molar-refractivity contribution in [2.75, 3.05) is 26.4 Å². The second-order valence-corrected chi connectivity index (χ2v) is 4.57.